The van der Waals surface area contributed by atoms with E-state index in [1.807, 2.05) is 0 Å². The number of phenolic OH excluding ortho intramolecular Hbond substituents is 2. The van der Waals surface area contributed by atoms with E-state index in [9.17, 15) is 33.5 Å². The van der Waals surface area contributed by atoms with Gasteiger partial charge in [-0.1, -0.05) is 13.0 Å². The molecule has 0 bridgehead atoms. The average molecular weight is 380 g/mol. The standard InChI is InChI=1S/C16H16N2O7S/c1-2-14(19)12-8-11(4-5-13(12)18(22)23)26(24,25)17-9-10-3-6-15(20)16(21)7-10/h3-8,17,20-21H,2,9H2,1H3. The van der Waals surface area contributed by atoms with Crippen molar-refractivity contribution in [3.05, 3.63) is 57.6 Å². The number of nitro benzene ring substituents is 1. The molecule has 26 heavy (non-hydrogen) atoms. The van der Waals surface area contributed by atoms with Gasteiger partial charge in [-0.3, -0.25) is 14.9 Å². The Morgan fingerprint density at radius 2 is 1.85 bits per heavy atom. The zero-order valence-electron chi connectivity index (χ0n) is 13.7. The summed E-state index contributed by atoms with van der Waals surface area (Å²) >= 11 is 0. The molecule has 0 unspecified atom stereocenters. The molecule has 0 aliphatic carbocycles. The smallest absolute Gasteiger partial charge is 0.280 e. The van der Waals surface area contributed by atoms with E-state index in [-0.39, 0.29) is 29.2 Å². The second kappa shape index (κ2) is 7.50. The highest BCUT2D eigenvalue weighted by Crippen LogP contribution is 2.26. The van der Waals surface area contributed by atoms with Crippen LogP contribution in [0.4, 0.5) is 5.69 Å². The monoisotopic (exact) mass is 380 g/mol. The number of carbonyl (C=O) groups excluding carboxylic acids is 1. The first-order valence-electron chi connectivity index (χ1n) is 7.48. The Morgan fingerprint density at radius 3 is 2.42 bits per heavy atom. The molecular formula is C16H16N2O7S. The molecular weight excluding hydrogens is 364 g/mol. The number of rotatable bonds is 7. The van der Waals surface area contributed by atoms with Gasteiger partial charge in [-0.2, -0.15) is 0 Å². The van der Waals surface area contributed by atoms with E-state index < -0.39 is 32.2 Å². The molecule has 0 saturated carbocycles. The first-order valence-corrected chi connectivity index (χ1v) is 8.96. The summed E-state index contributed by atoms with van der Waals surface area (Å²) in [6.45, 7) is 1.33. The number of sulfonamides is 1. The topological polar surface area (TPSA) is 147 Å². The lowest BCUT2D eigenvalue weighted by molar-refractivity contribution is -0.385. The summed E-state index contributed by atoms with van der Waals surface area (Å²) < 4.78 is 27.1. The Bertz CT molecular complexity index is 971. The number of aromatic hydroxyl groups is 2. The van der Waals surface area contributed by atoms with E-state index in [1.165, 1.54) is 25.1 Å². The Hall–Kier alpha value is -2.98. The summed E-state index contributed by atoms with van der Waals surface area (Å²) in [7, 11) is -4.06. The van der Waals surface area contributed by atoms with Crippen molar-refractivity contribution in [1.29, 1.82) is 0 Å². The van der Waals surface area contributed by atoms with E-state index in [1.54, 1.807) is 0 Å². The number of nitrogens with zero attached hydrogens (tertiary/aromatic N) is 1. The quantitative estimate of drug-likeness (QED) is 0.288. The molecule has 0 radical (unpaired) electrons. The summed E-state index contributed by atoms with van der Waals surface area (Å²) in [5.74, 6) is -1.28. The molecule has 138 valence electrons. The first-order chi connectivity index (χ1) is 12.2. The third kappa shape index (κ3) is 4.16. The highest BCUT2D eigenvalue weighted by atomic mass is 32.2. The van der Waals surface area contributed by atoms with Crippen molar-refractivity contribution in [3.8, 4) is 11.5 Å². The molecule has 0 saturated heterocycles. The molecule has 2 aromatic carbocycles. The number of carbonyl (C=O) groups is 1. The van der Waals surface area contributed by atoms with E-state index >= 15 is 0 Å². The maximum Gasteiger partial charge on any atom is 0.280 e. The van der Waals surface area contributed by atoms with Gasteiger partial charge in [0.05, 0.1) is 15.4 Å². The lowest BCUT2D eigenvalue weighted by Crippen LogP contribution is -2.23. The lowest BCUT2D eigenvalue weighted by atomic mass is 10.1. The van der Waals surface area contributed by atoms with Crippen molar-refractivity contribution in [2.24, 2.45) is 0 Å². The van der Waals surface area contributed by atoms with Crippen molar-refractivity contribution in [2.75, 3.05) is 0 Å². The third-order valence-corrected chi connectivity index (χ3v) is 5.00. The molecule has 0 aliphatic rings. The predicted molar refractivity (Wildman–Crippen MR) is 91.5 cm³/mol. The average Bonchev–Trinajstić information content (AvgIpc) is 2.61. The fourth-order valence-electron chi connectivity index (χ4n) is 2.20. The molecule has 0 fully saturated rings. The van der Waals surface area contributed by atoms with Gasteiger partial charge < -0.3 is 10.2 Å². The highest BCUT2D eigenvalue weighted by Gasteiger charge is 2.23. The number of ketones is 1. The van der Waals surface area contributed by atoms with Gasteiger partial charge in [0, 0.05) is 19.0 Å². The van der Waals surface area contributed by atoms with E-state index in [0.717, 1.165) is 18.2 Å². The highest BCUT2D eigenvalue weighted by molar-refractivity contribution is 7.89. The summed E-state index contributed by atoms with van der Waals surface area (Å²) in [6, 6.07) is 6.81. The number of nitrogens with one attached hydrogen (secondary N) is 1. The van der Waals surface area contributed by atoms with Gasteiger partial charge in [0.1, 0.15) is 0 Å². The van der Waals surface area contributed by atoms with Crippen molar-refractivity contribution in [1.82, 2.24) is 4.72 Å². The molecule has 2 rings (SSSR count). The van der Waals surface area contributed by atoms with Gasteiger partial charge in [0.2, 0.25) is 10.0 Å². The maximum atomic E-state index is 12.4. The van der Waals surface area contributed by atoms with Crippen LogP contribution in [0.3, 0.4) is 0 Å². The van der Waals surface area contributed by atoms with Gasteiger partial charge in [-0.05, 0) is 29.8 Å². The molecule has 3 N–H and O–H groups in total. The van der Waals surface area contributed by atoms with Gasteiger partial charge in [0.25, 0.3) is 5.69 Å². The SMILES string of the molecule is CCC(=O)c1cc(S(=O)(=O)NCc2ccc(O)c(O)c2)ccc1[N+](=O)[O-]. The molecule has 0 aliphatic heterocycles. The number of hydrogen-bond donors (Lipinski definition) is 3. The lowest BCUT2D eigenvalue weighted by Gasteiger charge is -2.09. The van der Waals surface area contributed by atoms with Gasteiger partial charge >= 0.3 is 0 Å². The van der Waals surface area contributed by atoms with Crippen molar-refractivity contribution in [2.45, 2.75) is 24.8 Å². The van der Waals surface area contributed by atoms with E-state index in [0.29, 0.717) is 5.56 Å². The molecule has 0 spiro atoms. The largest absolute Gasteiger partial charge is 0.504 e. The summed E-state index contributed by atoms with van der Waals surface area (Å²) in [6.07, 6.45) is -0.00937. The second-order valence-corrected chi connectivity index (χ2v) is 7.13. The van der Waals surface area contributed by atoms with Crippen LogP contribution in [0.5, 0.6) is 11.5 Å². The maximum absolute atomic E-state index is 12.4. The zero-order chi connectivity index (χ0) is 19.5. The second-order valence-electron chi connectivity index (χ2n) is 5.36. The Kier molecular flexibility index (Phi) is 5.58. The molecule has 0 aromatic heterocycles. The van der Waals surface area contributed by atoms with Crippen LogP contribution in [0, 0.1) is 10.1 Å². The minimum absolute atomic E-state index is 0.00937. The van der Waals surface area contributed by atoms with Gasteiger partial charge in [-0.15, -0.1) is 0 Å². The molecule has 10 heteroatoms. The van der Waals surface area contributed by atoms with Crippen LogP contribution in [-0.4, -0.2) is 29.3 Å². The predicted octanol–water partition coefficient (Wildman–Crippen LogP) is 2.08. The fraction of sp³-hybridized carbons (Fsp3) is 0.188. The van der Waals surface area contributed by atoms with Gasteiger partial charge in [0.15, 0.2) is 17.3 Å². The van der Waals surface area contributed by atoms with E-state index in [2.05, 4.69) is 4.72 Å². The Balaban J connectivity index is 2.31. The molecule has 0 amide bonds. The number of benzene rings is 2. The Morgan fingerprint density at radius 1 is 1.15 bits per heavy atom. The number of Topliss-reactive ketones (excluding diaryl/α,β-unsaturated/α-hetero) is 1. The third-order valence-electron chi connectivity index (χ3n) is 3.60. The van der Waals surface area contributed by atoms with Crippen molar-refractivity contribution < 1.29 is 28.3 Å². The zero-order valence-corrected chi connectivity index (χ0v) is 14.5. The summed E-state index contributed by atoms with van der Waals surface area (Å²) in [5, 5.41) is 29.7. The van der Waals surface area contributed by atoms with E-state index in [4.69, 9.17) is 0 Å². The van der Waals surface area contributed by atoms with Crippen LogP contribution < -0.4 is 4.72 Å². The number of phenols is 2. The molecule has 9 nitrogen and oxygen atoms in total. The molecule has 0 heterocycles. The van der Waals surface area contributed by atoms with Crippen molar-refractivity contribution in [3.63, 3.8) is 0 Å². The fourth-order valence-corrected chi connectivity index (χ4v) is 3.24. The van der Waals surface area contributed by atoms with Crippen LogP contribution in [0.2, 0.25) is 0 Å². The van der Waals surface area contributed by atoms with Crippen LogP contribution in [0.15, 0.2) is 41.3 Å². The molecule has 2 aromatic rings. The number of nitro groups is 1. The van der Waals surface area contributed by atoms with Crippen LogP contribution in [0.25, 0.3) is 0 Å². The van der Waals surface area contributed by atoms with Crippen LogP contribution in [-0.2, 0) is 16.6 Å². The van der Waals surface area contributed by atoms with Crippen molar-refractivity contribution >= 4 is 21.5 Å². The first kappa shape index (κ1) is 19.3. The normalized spacial score (nSPS) is 11.3. The van der Waals surface area contributed by atoms with Gasteiger partial charge in [-0.25, -0.2) is 13.1 Å². The summed E-state index contributed by atoms with van der Waals surface area (Å²) in [5.41, 5.74) is -0.349. The minimum atomic E-state index is -4.06. The van der Waals surface area contributed by atoms with Crippen LogP contribution >= 0.6 is 0 Å². The van der Waals surface area contributed by atoms with Crippen LogP contribution in [0.1, 0.15) is 29.3 Å². The summed E-state index contributed by atoms with van der Waals surface area (Å²) in [4.78, 5) is 21.9. The number of hydrogen-bond acceptors (Lipinski definition) is 7. The molecule has 0 atom stereocenters. The Labute approximate surface area is 149 Å². The minimum Gasteiger partial charge on any atom is -0.504 e.